The number of carbonyl (C=O) groups excluding carboxylic acids is 1. The lowest BCUT2D eigenvalue weighted by molar-refractivity contribution is 0.112. The highest BCUT2D eigenvalue weighted by molar-refractivity contribution is 6.01. The summed E-state index contributed by atoms with van der Waals surface area (Å²) in [7, 11) is 0. The SMILES string of the molecule is CC(C)(C)c1ccc2c(C=O)c(O)c(CO)cc2c1. The van der Waals surface area contributed by atoms with Crippen LogP contribution in [0.3, 0.4) is 0 Å². The summed E-state index contributed by atoms with van der Waals surface area (Å²) in [4.78, 5) is 11.1. The van der Waals surface area contributed by atoms with Gasteiger partial charge in [0.25, 0.3) is 0 Å². The van der Waals surface area contributed by atoms with E-state index in [2.05, 4.69) is 20.8 Å². The van der Waals surface area contributed by atoms with E-state index < -0.39 is 0 Å². The summed E-state index contributed by atoms with van der Waals surface area (Å²) in [5, 5.41) is 20.7. The van der Waals surface area contributed by atoms with Crippen LogP contribution in [0.1, 0.15) is 42.3 Å². The number of phenols is 1. The fourth-order valence-corrected chi connectivity index (χ4v) is 2.19. The van der Waals surface area contributed by atoms with Crippen LogP contribution in [0.5, 0.6) is 5.75 Å². The molecule has 0 radical (unpaired) electrons. The van der Waals surface area contributed by atoms with Crippen molar-refractivity contribution in [2.24, 2.45) is 0 Å². The first kappa shape index (κ1) is 13.6. The molecule has 0 unspecified atom stereocenters. The maximum Gasteiger partial charge on any atom is 0.154 e. The number of benzene rings is 2. The van der Waals surface area contributed by atoms with E-state index in [1.807, 2.05) is 18.2 Å². The highest BCUT2D eigenvalue weighted by atomic mass is 16.3. The van der Waals surface area contributed by atoms with E-state index in [1.54, 1.807) is 6.07 Å². The standard InChI is InChI=1S/C16H18O3/c1-16(2,3)12-4-5-13-10(7-12)6-11(8-17)15(19)14(13)9-18/h4-7,9,17,19H,8H2,1-3H3. The van der Waals surface area contributed by atoms with Crippen molar-refractivity contribution in [1.82, 2.24) is 0 Å². The molecule has 0 spiro atoms. The third kappa shape index (κ3) is 2.34. The lowest BCUT2D eigenvalue weighted by Gasteiger charge is -2.20. The molecular formula is C16H18O3. The summed E-state index contributed by atoms with van der Waals surface area (Å²) >= 11 is 0. The molecule has 2 rings (SSSR count). The number of aliphatic hydroxyl groups is 1. The van der Waals surface area contributed by atoms with Gasteiger partial charge in [-0.05, 0) is 27.8 Å². The van der Waals surface area contributed by atoms with Gasteiger partial charge >= 0.3 is 0 Å². The van der Waals surface area contributed by atoms with Gasteiger partial charge in [-0.15, -0.1) is 0 Å². The van der Waals surface area contributed by atoms with Gasteiger partial charge in [-0.2, -0.15) is 0 Å². The fourth-order valence-electron chi connectivity index (χ4n) is 2.19. The minimum Gasteiger partial charge on any atom is -0.507 e. The van der Waals surface area contributed by atoms with Gasteiger partial charge in [-0.25, -0.2) is 0 Å². The molecule has 2 aromatic carbocycles. The van der Waals surface area contributed by atoms with Crippen molar-refractivity contribution in [3.05, 3.63) is 41.0 Å². The third-order valence-electron chi connectivity index (χ3n) is 3.38. The average Bonchev–Trinajstić information content (AvgIpc) is 2.36. The molecule has 0 fully saturated rings. The van der Waals surface area contributed by atoms with Crippen LogP contribution in [0, 0.1) is 0 Å². The molecule has 0 amide bonds. The summed E-state index contributed by atoms with van der Waals surface area (Å²) in [5.41, 5.74) is 1.77. The third-order valence-corrected chi connectivity index (χ3v) is 3.38. The van der Waals surface area contributed by atoms with Crippen molar-refractivity contribution >= 4 is 17.1 Å². The Morgan fingerprint density at radius 3 is 2.42 bits per heavy atom. The van der Waals surface area contributed by atoms with E-state index in [0.29, 0.717) is 17.2 Å². The molecule has 0 aliphatic carbocycles. The number of aliphatic hydroxyl groups excluding tert-OH is 1. The monoisotopic (exact) mass is 258 g/mol. The number of hydrogen-bond donors (Lipinski definition) is 2. The van der Waals surface area contributed by atoms with Crippen LogP contribution >= 0.6 is 0 Å². The van der Waals surface area contributed by atoms with Crippen molar-refractivity contribution in [2.75, 3.05) is 0 Å². The van der Waals surface area contributed by atoms with Gasteiger partial charge in [0.1, 0.15) is 5.75 Å². The Morgan fingerprint density at radius 1 is 1.21 bits per heavy atom. The zero-order chi connectivity index (χ0) is 14.2. The summed E-state index contributed by atoms with van der Waals surface area (Å²) < 4.78 is 0. The van der Waals surface area contributed by atoms with Crippen LogP contribution < -0.4 is 0 Å². The van der Waals surface area contributed by atoms with Crippen molar-refractivity contribution < 1.29 is 15.0 Å². The van der Waals surface area contributed by atoms with Crippen LogP contribution in [0.25, 0.3) is 10.8 Å². The predicted octanol–water partition coefficient (Wildman–Crippen LogP) is 3.15. The van der Waals surface area contributed by atoms with Crippen LogP contribution in [-0.2, 0) is 12.0 Å². The molecule has 3 heteroatoms. The van der Waals surface area contributed by atoms with Crippen LogP contribution in [0.4, 0.5) is 0 Å². The Labute approximate surface area is 112 Å². The van der Waals surface area contributed by atoms with Crippen molar-refractivity contribution in [3.8, 4) is 5.75 Å². The molecular weight excluding hydrogens is 240 g/mol. The molecule has 0 aliphatic rings. The van der Waals surface area contributed by atoms with Gasteiger partial charge in [0.15, 0.2) is 6.29 Å². The highest BCUT2D eigenvalue weighted by Gasteiger charge is 2.16. The number of aromatic hydroxyl groups is 1. The predicted molar refractivity (Wildman–Crippen MR) is 75.6 cm³/mol. The fraction of sp³-hybridized carbons (Fsp3) is 0.312. The lowest BCUT2D eigenvalue weighted by atomic mass is 9.85. The first-order valence-electron chi connectivity index (χ1n) is 6.23. The second-order valence-electron chi connectivity index (χ2n) is 5.76. The number of hydrogen-bond acceptors (Lipinski definition) is 3. The van der Waals surface area contributed by atoms with E-state index in [0.717, 1.165) is 10.9 Å². The number of fused-ring (bicyclic) bond motifs is 1. The maximum absolute atomic E-state index is 11.1. The average molecular weight is 258 g/mol. The second-order valence-corrected chi connectivity index (χ2v) is 5.76. The zero-order valence-electron chi connectivity index (χ0n) is 11.4. The van der Waals surface area contributed by atoms with Crippen molar-refractivity contribution in [1.29, 1.82) is 0 Å². The van der Waals surface area contributed by atoms with E-state index in [9.17, 15) is 15.0 Å². The first-order chi connectivity index (χ1) is 8.88. The van der Waals surface area contributed by atoms with E-state index >= 15 is 0 Å². The molecule has 3 nitrogen and oxygen atoms in total. The van der Waals surface area contributed by atoms with Gasteiger partial charge in [0.2, 0.25) is 0 Å². The summed E-state index contributed by atoms with van der Waals surface area (Å²) in [5.74, 6) is -0.131. The Kier molecular flexibility index (Phi) is 3.33. The number of carbonyl (C=O) groups is 1. The van der Waals surface area contributed by atoms with Gasteiger partial charge in [0.05, 0.1) is 12.2 Å². The minimum atomic E-state index is -0.289. The molecule has 0 saturated carbocycles. The smallest absolute Gasteiger partial charge is 0.154 e. The zero-order valence-corrected chi connectivity index (χ0v) is 11.4. The van der Waals surface area contributed by atoms with Gasteiger partial charge < -0.3 is 10.2 Å². The maximum atomic E-state index is 11.1. The van der Waals surface area contributed by atoms with Gasteiger partial charge in [-0.3, -0.25) is 4.79 Å². The molecule has 2 aromatic rings. The Morgan fingerprint density at radius 2 is 1.89 bits per heavy atom. The largest absolute Gasteiger partial charge is 0.507 e. The summed E-state index contributed by atoms with van der Waals surface area (Å²) in [6.45, 7) is 6.05. The topological polar surface area (TPSA) is 57.5 Å². The van der Waals surface area contributed by atoms with Gasteiger partial charge in [-0.1, -0.05) is 39.0 Å². The molecule has 0 aliphatic heterocycles. The molecule has 100 valence electrons. The van der Waals surface area contributed by atoms with E-state index in [-0.39, 0.29) is 23.3 Å². The van der Waals surface area contributed by atoms with E-state index in [4.69, 9.17) is 0 Å². The molecule has 2 N–H and O–H groups in total. The van der Waals surface area contributed by atoms with Crippen LogP contribution in [0.2, 0.25) is 0 Å². The Hall–Kier alpha value is -1.87. The van der Waals surface area contributed by atoms with Crippen molar-refractivity contribution in [3.63, 3.8) is 0 Å². The summed E-state index contributed by atoms with van der Waals surface area (Å²) in [6, 6.07) is 7.54. The van der Waals surface area contributed by atoms with Crippen LogP contribution in [0.15, 0.2) is 24.3 Å². The molecule has 19 heavy (non-hydrogen) atoms. The number of aldehydes is 1. The highest BCUT2D eigenvalue weighted by Crippen LogP contribution is 2.33. The van der Waals surface area contributed by atoms with E-state index in [1.165, 1.54) is 0 Å². The number of rotatable bonds is 2. The molecule has 0 saturated heterocycles. The molecule has 0 bridgehead atoms. The van der Waals surface area contributed by atoms with Crippen molar-refractivity contribution in [2.45, 2.75) is 32.8 Å². The Balaban J connectivity index is 2.80. The van der Waals surface area contributed by atoms with Gasteiger partial charge in [0, 0.05) is 5.56 Å². The molecule has 0 atom stereocenters. The molecule has 0 aromatic heterocycles. The van der Waals surface area contributed by atoms with Crippen LogP contribution in [-0.4, -0.2) is 16.5 Å². The summed E-state index contributed by atoms with van der Waals surface area (Å²) in [6.07, 6.45) is 0.633. The molecule has 0 heterocycles. The Bertz CT molecular complexity index is 636. The minimum absolute atomic E-state index is 0.00674. The quantitative estimate of drug-likeness (QED) is 0.813. The normalized spacial score (nSPS) is 11.8. The first-order valence-corrected chi connectivity index (χ1v) is 6.23. The lowest BCUT2D eigenvalue weighted by Crippen LogP contribution is -2.10. The second kappa shape index (κ2) is 4.67.